The van der Waals surface area contributed by atoms with Gasteiger partial charge in [-0.25, -0.2) is 0 Å². The minimum absolute atomic E-state index is 0. The van der Waals surface area contributed by atoms with E-state index in [4.69, 9.17) is 5.73 Å². The Morgan fingerprint density at radius 2 is 2.27 bits per heavy atom. The summed E-state index contributed by atoms with van der Waals surface area (Å²) in [7, 11) is 0. The standard InChI is InChI=1S/C9H11N.Y/c1-2-9(10)8-6-4-3-5-7-8;/h3-6,9H,1-2,10H2;/q-2;. The number of hydrogen-bond donors (Lipinski definition) is 1. The molecule has 0 bridgehead atoms. The van der Waals surface area contributed by atoms with Gasteiger partial charge in [0.15, 0.2) is 0 Å². The molecule has 2 N–H and O–H groups in total. The van der Waals surface area contributed by atoms with Crippen molar-refractivity contribution >= 4 is 0 Å². The van der Waals surface area contributed by atoms with Gasteiger partial charge in [0.25, 0.3) is 0 Å². The fourth-order valence-electron chi connectivity index (χ4n) is 0.793. The summed E-state index contributed by atoms with van der Waals surface area (Å²) in [5.41, 5.74) is 6.74. The molecule has 0 saturated heterocycles. The number of benzene rings is 1. The molecule has 2 heteroatoms. The molecule has 0 aliphatic carbocycles. The van der Waals surface area contributed by atoms with Gasteiger partial charge < -0.3 is 12.7 Å². The Hall–Kier alpha value is 0.284. The monoisotopic (exact) mass is 222 g/mol. The van der Waals surface area contributed by atoms with Gasteiger partial charge in [-0.05, 0) is 6.04 Å². The van der Waals surface area contributed by atoms with Gasteiger partial charge in [0.05, 0.1) is 0 Å². The van der Waals surface area contributed by atoms with Gasteiger partial charge in [0, 0.05) is 32.7 Å². The van der Waals surface area contributed by atoms with Crippen LogP contribution in [0.15, 0.2) is 24.3 Å². The van der Waals surface area contributed by atoms with Gasteiger partial charge in [0.1, 0.15) is 0 Å². The van der Waals surface area contributed by atoms with Crippen molar-refractivity contribution in [3.8, 4) is 0 Å². The third kappa shape index (κ3) is 3.46. The molecule has 0 fully saturated rings. The zero-order chi connectivity index (χ0) is 7.40. The molecule has 0 aliphatic rings. The second-order valence-electron chi connectivity index (χ2n) is 2.21. The Balaban J connectivity index is 0.000001000. The topological polar surface area (TPSA) is 26.0 Å². The van der Waals surface area contributed by atoms with Crippen LogP contribution in [0, 0.1) is 13.0 Å². The first-order chi connectivity index (χ1) is 4.84. The fourth-order valence-corrected chi connectivity index (χ4v) is 0.793. The largest absolute Gasteiger partial charge is 0.342 e. The van der Waals surface area contributed by atoms with E-state index in [1.807, 2.05) is 24.3 Å². The Morgan fingerprint density at radius 1 is 1.55 bits per heavy atom. The predicted octanol–water partition coefficient (Wildman–Crippen LogP) is 1.71. The molecule has 1 aromatic rings. The van der Waals surface area contributed by atoms with E-state index in [0.29, 0.717) is 0 Å². The molecule has 1 rings (SSSR count). The van der Waals surface area contributed by atoms with Gasteiger partial charge in [-0.3, -0.25) is 0 Å². The Kier molecular flexibility index (Phi) is 6.03. The molecular formula is C9H11NY-2. The van der Waals surface area contributed by atoms with Gasteiger partial charge >= 0.3 is 0 Å². The van der Waals surface area contributed by atoms with Crippen molar-refractivity contribution in [1.82, 2.24) is 0 Å². The summed E-state index contributed by atoms with van der Waals surface area (Å²) in [6, 6.07) is 10.8. The van der Waals surface area contributed by atoms with Crippen LogP contribution in [0.2, 0.25) is 0 Å². The third-order valence-electron chi connectivity index (χ3n) is 1.44. The maximum Gasteiger partial charge on any atom is 0 e. The molecule has 1 radical (unpaired) electrons. The zero-order valence-corrected chi connectivity index (χ0v) is 9.29. The molecule has 0 heterocycles. The quantitative estimate of drug-likeness (QED) is 0.757. The molecule has 0 amide bonds. The molecule has 0 saturated carbocycles. The first kappa shape index (κ1) is 11.3. The summed E-state index contributed by atoms with van der Waals surface area (Å²) in [4.78, 5) is 0. The van der Waals surface area contributed by atoms with Crippen LogP contribution < -0.4 is 5.73 Å². The summed E-state index contributed by atoms with van der Waals surface area (Å²) < 4.78 is 0. The maximum atomic E-state index is 5.70. The molecule has 1 unspecified atom stereocenters. The fraction of sp³-hybridized carbons (Fsp3) is 0.222. The SMILES string of the molecule is [CH2-]CC(N)c1[c-]cccc1.[Y]. The predicted molar refractivity (Wildman–Crippen MR) is 42.2 cm³/mol. The average Bonchev–Trinajstić information content (AvgIpc) is 2.05. The minimum Gasteiger partial charge on any atom is -0.342 e. The minimum atomic E-state index is 0. The Labute approximate surface area is 93.2 Å². The number of hydrogen-bond acceptors (Lipinski definition) is 1. The van der Waals surface area contributed by atoms with Crippen LogP contribution in [0.1, 0.15) is 18.0 Å². The first-order valence-electron chi connectivity index (χ1n) is 3.36. The van der Waals surface area contributed by atoms with Crippen molar-refractivity contribution in [3.05, 3.63) is 42.8 Å². The van der Waals surface area contributed by atoms with E-state index in [-0.39, 0.29) is 38.8 Å². The molecule has 1 nitrogen and oxygen atoms in total. The van der Waals surface area contributed by atoms with E-state index in [0.717, 1.165) is 12.0 Å². The van der Waals surface area contributed by atoms with Crippen LogP contribution in [-0.4, -0.2) is 0 Å². The van der Waals surface area contributed by atoms with Gasteiger partial charge in [0.2, 0.25) is 0 Å². The molecule has 1 atom stereocenters. The summed E-state index contributed by atoms with van der Waals surface area (Å²) in [6.07, 6.45) is 0.723. The summed E-state index contributed by atoms with van der Waals surface area (Å²) in [5, 5.41) is 0. The van der Waals surface area contributed by atoms with Gasteiger partial charge in [-0.2, -0.15) is 36.8 Å². The maximum absolute atomic E-state index is 5.70. The van der Waals surface area contributed by atoms with E-state index >= 15 is 0 Å². The number of rotatable bonds is 2. The molecule has 57 valence electrons. The van der Waals surface area contributed by atoms with Crippen LogP contribution in [0.25, 0.3) is 0 Å². The molecular weight excluding hydrogens is 211 g/mol. The molecule has 0 aliphatic heterocycles. The van der Waals surface area contributed by atoms with E-state index in [1.165, 1.54) is 0 Å². The normalized spacial score (nSPS) is 11.8. The molecule has 11 heavy (non-hydrogen) atoms. The Bertz CT molecular complexity index is 186. The average molecular weight is 222 g/mol. The van der Waals surface area contributed by atoms with Crippen molar-refractivity contribution in [3.63, 3.8) is 0 Å². The smallest absolute Gasteiger partial charge is 0 e. The van der Waals surface area contributed by atoms with E-state index in [1.54, 1.807) is 0 Å². The van der Waals surface area contributed by atoms with Gasteiger partial charge in [-0.15, -0.1) is 5.56 Å². The van der Waals surface area contributed by atoms with Crippen LogP contribution >= 0.6 is 0 Å². The second kappa shape index (κ2) is 5.87. The van der Waals surface area contributed by atoms with Crippen molar-refractivity contribution in [2.24, 2.45) is 5.73 Å². The third-order valence-corrected chi connectivity index (χ3v) is 1.44. The van der Waals surface area contributed by atoms with Crippen LogP contribution in [0.3, 0.4) is 0 Å². The van der Waals surface area contributed by atoms with Crippen molar-refractivity contribution < 1.29 is 32.7 Å². The zero-order valence-electron chi connectivity index (χ0n) is 6.46. The van der Waals surface area contributed by atoms with E-state index in [9.17, 15) is 0 Å². The molecule has 0 aromatic heterocycles. The summed E-state index contributed by atoms with van der Waals surface area (Å²) in [5.74, 6) is 0. The molecule has 0 spiro atoms. The summed E-state index contributed by atoms with van der Waals surface area (Å²) >= 11 is 0. The van der Waals surface area contributed by atoms with Crippen LogP contribution in [0.4, 0.5) is 0 Å². The second-order valence-corrected chi connectivity index (χ2v) is 2.21. The first-order valence-corrected chi connectivity index (χ1v) is 3.36. The van der Waals surface area contributed by atoms with Gasteiger partial charge in [-0.1, -0.05) is 0 Å². The van der Waals surface area contributed by atoms with Crippen molar-refractivity contribution in [2.45, 2.75) is 12.5 Å². The van der Waals surface area contributed by atoms with Crippen molar-refractivity contribution in [1.29, 1.82) is 0 Å². The van der Waals surface area contributed by atoms with Crippen LogP contribution in [-0.2, 0) is 32.7 Å². The van der Waals surface area contributed by atoms with Crippen LogP contribution in [0.5, 0.6) is 0 Å². The van der Waals surface area contributed by atoms with Crippen molar-refractivity contribution in [2.75, 3.05) is 0 Å². The van der Waals surface area contributed by atoms with E-state index < -0.39 is 0 Å². The Morgan fingerprint density at radius 3 is 2.73 bits per heavy atom. The molecule has 1 aromatic carbocycles. The van der Waals surface area contributed by atoms with E-state index in [2.05, 4.69) is 13.0 Å². The number of nitrogens with two attached hydrogens (primary N) is 1. The summed E-state index contributed by atoms with van der Waals surface area (Å²) in [6.45, 7) is 3.72.